The third-order valence-corrected chi connectivity index (χ3v) is 4.93. The van der Waals surface area contributed by atoms with Crippen LogP contribution in [0.1, 0.15) is 30.1 Å². The number of primary amides is 1. The van der Waals surface area contributed by atoms with E-state index in [2.05, 4.69) is 10.0 Å². The minimum absolute atomic E-state index is 0. The first kappa shape index (κ1) is 17.9. The van der Waals surface area contributed by atoms with Gasteiger partial charge in [0.1, 0.15) is 0 Å². The maximum Gasteiger partial charge on any atom is 0.248 e. The summed E-state index contributed by atoms with van der Waals surface area (Å²) in [7, 11) is -3.56. The number of nitrogens with one attached hydrogen (secondary N) is 2. The highest BCUT2D eigenvalue weighted by molar-refractivity contribution is 7.89. The molecule has 4 N–H and O–H groups in total. The van der Waals surface area contributed by atoms with Gasteiger partial charge in [-0.25, -0.2) is 13.1 Å². The molecule has 0 aromatic heterocycles. The molecule has 6 nitrogen and oxygen atoms in total. The third kappa shape index (κ3) is 4.67. The van der Waals surface area contributed by atoms with Crippen LogP contribution in [0.2, 0.25) is 0 Å². The summed E-state index contributed by atoms with van der Waals surface area (Å²) in [6.07, 6.45) is 1.53. The first-order valence-electron chi connectivity index (χ1n) is 6.54. The molecule has 1 aliphatic rings. The van der Waals surface area contributed by atoms with Crippen LogP contribution >= 0.6 is 12.4 Å². The predicted octanol–water partition coefficient (Wildman–Crippen LogP) is 0.626. The summed E-state index contributed by atoms with van der Waals surface area (Å²) in [4.78, 5) is 11.1. The van der Waals surface area contributed by atoms with Crippen LogP contribution in [0.5, 0.6) is 0 Å². The van der Waals surface area contributed by atoms with E-state index in [1.54, 1.807) is 0 Å². The molecule has 1 aromatic rings. The molecule has 0 spiro atoms. The third-order valence-electron chi connectivity index (χ3n) is 3.39. The SMILES string of the molecule is CC1CC(NS(=O)(=O)c2ccc(C(N)=O)cc2)CCN1.Cl. The molecule has 1 amide bonds. The van der Waals surface area contributed by atoms with Gasteiger partial charge in [0.05, 0.1) is 4.90 Å². The van der Waals surface area contributed by atoms with Crippen LogP contribution in [0.25, 0.3) is 0 Å². The number of benzene rings is 1. The van der Waals surface area contributed by atoms with Crippen molar-refractivity contribution in [2.75, 3.05) is 6.54 Å². The first-order valence-corrected chi connectivity index (χ1v) is 8.02. The quantitative estimate of drug-likeness (QED) is 0.752. The van der Waals surface area contributed by atoms with Gasteiger partial charge in [0.15, 0.2) is 0 Å². The lowest BCUT2D eigenvalue weighted by Crippen LogP contribution is -2.46. The Morgan fingerprint density at radius 3 is 2.48 bits per heavy atom. The van der Waals surface area contributed by atoms with E-state index < -0.39 is 15.9 Å². The lowest BCUT2D eigenvalue weighted by molar-refractivity contribution is 0.1000. The summed E-state index contributed by atoms with van der Waals surface area (Å²) in [5.74, 6) is -0.575. The van der Waals surface area contributed by atoms with E-state index in [0.717, 1.165) is 19.4 Å². The van der Waals surface area contributed by atoms with E-state index in [1.165, 1.54) is 24.3 Å². The summed E-state index contributed by atoms with van der Waals surface area (Å²) in [6, 6.07) is 5.87. The van der Waals surface area contributed by atoms with Gasteiger partial charge in [-0.2, -0.15) is 0 Å². The van der Waals surface area contributed by atoms with Crippen molar-refractivity contribution < 1.29 is 13.2 Å². The standard InChI is InChI=1S/C13H19N3O3S.ClH/c1-9-8-11(6-7-15-9)16-20(18,19)12-4-2-10(3-5-12)13(14)17;/h2-5,9,11,15-16H,6-8H2,1H3,(H2,14,17);1H. The number of sulfonamides is 1. The number of piperidine rings is 1. The molecule has 1 heterocycles. The molecule has 0 bridgehead atoms. The van der Waals surface area contributed by atoms with E-state index in [0.29, 0.717) is 11.6 Å². The molecular weight excluding hydrogens is 314 g/mol. The molecule has 0 aliphatic carbocycles. The fourth-order valence-corrected chi connectivity index (χ4v) is 3.61. The molecule has 118 valence electrons. The van der Waals surface area contributed by atoms with Crippen molar-refractivity contribution in [3.8, 4) is 0 Å². The van der Waals surface area contributed by atoms with Crippen molar-refractivity contribution in [1.29, 1.82) is 0 Å². The monoisotopic (exact) mass is 333 g/mol. The number of hydrogen-bond donors (Lipinski definition) is 3. The highest BCUT2D eigenvalue weighted by atomic mass is 35.5. The second-order valence-corrected chi connectivity index (χ2v) is 6.80. The average molecular weight is 334 g/mol. The molecule has 2 unspecified atom stereocenters. The molecule has 8 heteroatoms. The number of rotatable bonds is 4. The number of halogens is 1. The largest absolute Gasteiger partial charge is 0.366 e. The molecule has 1 saturated heterocycles. The second-order valence-electron chi connectivity index (χ2n) is 5.09. The van der Waals surface area contributed by atoms with Crippen LogP contribution in [0.4, 0.5) is 0 Å². The van der Waals surface area contributed by atoms with Crippen molar-refractivity contribution in [3.63, 3.8) is 0 Å². The van der Waals surface area contributed by atoms with Crippen LogP contribution < -0.4 is 15.8 Å². The van der Waals surface area contributed by atoms with Gasteiger partial charge in [-0.05, 0) is 50.6 Å². The number of carbonyl (C=O) groups excluding carboxylic acids is 1. The molecule has 2 atom stereocenters. The Bertz CT molecular complexity index is 589. The number of nitrogens with two attached hydrogens (primary N) is 1. The molecule has 1 aliphatic heterocycles. The normalized spacial score (nSPS) is 22.3. The fourth-order valence-electron chi connectivity index (χ4n) is 2.32. The first-order chi connectivity index (χ1) is 9.38. The predicted molar refractivity (Wildman–Crippen MR) is 83.0 cm³/mol. The van der Waals surface area contributed by atoms with Crippen molar-refractivity contribution in [2.45, 2.75) is 36.7 Å². The Labute approximate surface area is 130 Å². The number of hydrogen-bond acceptors (Lipinski definition) is 4. The highest BCUT2D eigenvalue weighted by Crippen LogP contribution is 2.15. The van der Waals surface area contributed by atoms with Crippen LogP contribution in [0, 0.1) is 0 Å². The summed E-state index contributed by atoms with van der Waals surface area (Å²) >= 11 is 0. The Hall–Kier alpha value is -1.15. The van der Waals surface area contributed by atoms with Gasteiger partial charge >= 0.3 is 0 Å². The zero-order valence-electron chi connectivity index (χ0n) is 11.7. The summed E-state index contributed by atoms with van der Waals surface area (Å²) in [5.41, 5.74) is 5.42. The average Bonchev–Trinajstić information content (AvgIpc) is 2.38. The van der Waals surface area contributed by atoms with Crippen LogP contribution in [0.15, 0.2) is 29.2 Å². The van der Waals surface area contributed by atoms with Crippen LogP contribution in [-0.4, -0.2) is 33.0 Å². The minimum atomic E-state index is -3.56. The van der Waals surface area contributed by atoms with Gasteiger partial charge in [-0.15, -0.1) is 12.4 Å². The Morgan fingerprint density at radius 1 is 1.33 bits per heavy atom. The smallest absolute Gasteiger partial charge is 0.248 e. The Kier molecular flexibility index (Phi) is 6.15. The molecule has 21 heavy (non-hydrogen) atoms. The molecule has 0 radical (unpaired) electrons. The zero-order chi connectivity index (χ0) is 14.8. The summed E-state index contributed by atoms with van der Waals surface area (Å²) in [6.45, 7) is 2.83. The maximum absolute atomic E-state index is 12.2. The van der Waals surface area contributed by atoms with Gasteiger partial charge in [0, 0.05) is 17.6 Å². The molecule has 1 fully saturated rings. The van der Waals surface area contributed by atoms with Crippen LogP contribution in [-0.2, 0) is 10.0 Å². The van der Waals surface area contributed by atoms with E-state index >= 15 is 0 Å². The van der Waals surface area contributed by atoms with E-state index in [9.17, 15) is 13.2 Å². The van der Waals surface area contributed by atoms with E-state index in [1.807, 2.05) is 6.92 Å². The van der Waals surface area contributed by atoms with Gasteiger partial charge in [-0.3, -0.25) is 4.79 Å². The van der Waals surface area contributed by atoms with Gasteiger partial charge in [0.25, 0.3) is 0 Å². The van der Waals surface area contributed by atoms with Crippen molar-refractivity contribution >= 4 is 28.3 Å². The van der Waals surface area contributed by atoms with E-state index in [4.69, 9.17) is 5.73 Å². The minimum Gasteiger partial charge on any atom is -0.366 e. The van der Waals surface area contributed by atoms with Gasteiger partial charge in [0.2, 0.25) is 15.9 Å². The fraction of sp³-hybridized carbons (Fsp3) is 0.462. The summed E-state index contributed by atoms with van der Waals surface area (Å²) < 4.78 is 27.2. The lowest BCUT2D eigenvalue weighted by atomic mass is 10.0. The molecular formula is C13H20ClN3O3S. The molecule has 1 aromatic carbocycles. The summed E-state index contributed by atoms with van der Waals surface area (Å²) in [5, 5.41) is 3.27. The Morgan fingerprint density at radius 2 is 1.95 bits per heavy atom. The maximum atomic E-state index is 12.2. The van der Waals surface area contributed by atoms with Crippen LogP contribution in [0.3, 0.4) is 0 Å². The molecule has 0 saturated carbocycles. The highest BCUT2D eigenvalue weighted by Gasteiger charge is 2.24. The molecule has 2 rings (SSSR count). The zero-order valence-corrected chi connectivity index (χ0v) is 13.3. The second kappa shape index (κ2) is 7.22. The number of amides is 1. The lowest BCUT2D eigenvalue weighted by Gasteiger charge is -2.28. The number of carbonyl (C=O) groups is 1. The van der Waals surface area contributed by atoms with Gasteiger partial charge in [-0.1, -0.05) is 0 Å². The van der Waals surface area contributed by atoms with Gasteiger partial charge < -0.3 is 11.1 Å². The topological polar surface area (TPSA) is 101 Å². The van der Waals surface area contributed by atoms with Crippen molar-refractivity contribution in [1.82, 2.24) is 10.0 Å². The van der Waals surface area contributed by atoms with Crippen molar-refractivity contribution in [2.24, 2.45) is 5.73 Å². The Balaban J connectivity index is 0.00000220. The van der Waals surface area contributed by atoms with E-state index in [-0.39, 0.29) is 23.3 Å². The van der Waals surface area contributed by atoms with Crippen molar-refractivity contribution in [3.05, 3.63) is 29.8 Å².